The number of alkyl halides is 3. The van der Waals surface area contributed by atoms with E-state index in [0.29, 0.717) is 18.8 Å². The van der Waals surface area contributed by atoms with Crippen LogP contribution in [0.4, 0.5) is 13.2 Å². The highest BCUT2D eigenvalue weighted by molar-refractivity contribution is 6.08. The Labute approximate surface area is 186 Å². The monoisotopic (exact) mass is 442 g/mol. The molecule has 0 amide bonds. The number of hydrogen-bond donors (Lipinski definition) is 0. The first-order chi connectivity index (χ1) is 15.3. The number of ketones is 1. The summed E-state index contributed by atoms with van der Waals surface area (Å²) in [5.74, 6) is 0.729. The van der Waals surface area contributed by atoms with Gasteiger partial charge in [0.15, 0.2) is 5.78 Å². The van der Waals surface area contributed by atoms with Crippen molar-refractivity contribution < 1.29 is 18.0 Å². The molecule has 0 bridgehead atoms. The number of aromatic nitrogens is 1. The smallest absolute Gasteiger partial charge is 0.350 e. The maximum atomic E-state index is 12.9. The third kappa shape index (κ3) is 5.23. The first-order valence-corrected chi connectivity index (χ1v) is 11.3. The predicted octanol–water partition coefficient (Wildman–Crippen LogP) is 6.11. The van der Waals surface area contributed by atoms with Crippen molar-refractivity contribution in [2.24, 2.45) is 13.0 Å². The second-order valence-corrected chi connectivity index (χ2v) is 8.87. The standard InChI is InChI=1S/C26H29F3N2O/c1-30-18-23(22-7-2-3-8-24(22)30)25(32)10-9-19-11-14-31(15-12-19)16-13-20-5-4-6-21(17-20)26(27,28)29/h2-8,17-19H,9-16H2,1H3. The number of halogens is 3. The lowest BCUT2D eigenvalue weighted by molar-refractivity contribution is -0.137. The molecule has 1 fully saturated rings. The van der Waals surface area contributed by atoms with Crippen molar-refractivity contribution >= 4 is 16.7 Å². The molecule has 0 spiro atoms. The van der Waals surface area contributed by atoms with Crippen molar-refractivity contribution in [2.45, 2.75) is 38.3 Å². The summed E-state index contributed by atoms with van der Waals surface area (Å²) in [6.07, 6.45) is 1.78. The molecule has 3 nitrogen and oxygen atoms in total. The summed E-state index contributed by atoms with van der Waals surface area (Å²) >= 11 is 0. The number of fused-ring (bicyclic) bond motifs is 1. The Bertz CT molecular complexity index is 1080. The highest BCUT2D eigenvalue weighted by Gasteiger charge is 2.30. The molecule has 6 heteroatoms. The molecule has 0 radical (unpaired) electrons. The van der Waals surface area contributed by atoms with Crippen molar-refractivity contribution in [1.82, 2.24) is 9.47 Å². The second-order valence-electron chi connectivity index (χ2n) is 8.87. The van der Waals surface area contributed by atoms with E-state index in [1.54, 1.807) is 6.07 Å². The molecule has 32 heavy (non-hydrogen) atoms. The topological polar surface area (TPSA) is 25.2 Å². The van der Waals surface area contributed by atoms with Gasteiger partial charge in [-0.2, -0.15) is 13.2 Å². The normalized spacial score (nSPS) is 16.0. The quantitative estimate of drug-likeness (QED) is 0.412. The number of Topliss-reactive ketones (excluding diaryl/α,β-unsaturated/α-hetero) is 1. The fraction of sp³-hybridized carbons (Fsp3) is 0.423. The number of para-hydroxylation sites is 1. The van der Waals surface area contributed by atoms with Gasteiger partial charge in [-0.15, -0.1) is 0 Å². The number of piperidine rings is 1. The van der Waals surface area contributed by atoms with Gasteiger partial charge >= 0.3 is 6.18 Å². The van der Waals surface area contributed by atoms with E-state index in [1.165, 1.54) is 12.1 Å². The Kier molecular flexibility index (Phi) is 6.70. The molecule has 1 aromatic heterocycles. The van der Waals surface area contributed by atoms with Crippen molar-refractivity contribution in [2.75, 3.05) is 19.6 Å². The van der Waals surface area contributed by atoms with Crippen LogP contribution in [0, 0.1) is 5.92 Å². The van der Waals surface area contributed by atoms with Crippen molar-refractivity contribution in [1.29, 1.82) is 0 Å². The zero-order chi connectivity index (χ0) is 22.7. The van der Waals surface area contributed by atoms with Crippen LogP contribution in [-0.4, -0.2) is 34.9 Å². The molecular weight excluding hydrogens is 413 g/mol. The van der Waals surface area contributed by atoms with Crippen LogP contribution in [-0.2, 0) is 19.6 Å². The fourth-order valence-electron chi connectivity index (χ4n) is 4.72. The summed E-state index contributed by atoms with van der Waals surface area (Å²) in [6, 6.07) is 13.6. The molecule has 2 aromatic carbocycles. The van der Waals surface area contributed by atoms with E-state index in [1.807, 2.05) is 42.1 Å². The number of hydrogen-bond acceptors (Lipinski definition) is 2. The summed E-state index contributed by atoms with van der Waals surface area (Å²) in [7, 11) is 1.97. The average molecular weight is 443 g/mol. The summed E-state index contributed by atoms with van der Waals surface area (Å²) in [6.45, 7) is 2.64. The van der Waals surface area contributed by atoms with Gasteiger partial charge in [-0.1, -0.05) is 36.4 Å². The van der Waals surface area contributed by atoms with E-state index in [9.17, 15) is 18.0 Å². The zero-order valence-electron chi connectivity index (χ0n) is 18.4. The van der Waals surface area contributed by atoms with Crippen LogP contribution in [0.25, 0.3) is 10.9 Å². The largest absolute Gasteiger partial charge is 0.416 e. The molecule has 1 aliphatic heterocycles. The molecule has 0 atom stereocenters. The van der Waals surface area contributed by atoms with Gasteiger partial charge in [-0.3, -0.25) is 4.79 Å². The van der Waals surface area contributed by atoms with Gasteiger partial charge in [0.25, 0.3) is 0 Å². The molecule has 1 aliphatic rings. The Morgan fingerprint density at radius 3 is 2.56 bits per heavy atom. The van der Waals surface area contributed by atoms with Gasteiger partial charge in [0.2, 0.25) is 0 Å². The number of aryl methyl sites for hydroxylation is 1. The van der Waals surface area contributed by atoms with E-state index < -0.39 is 11.7 Å². The Hall–Kier alpha value is -2.60. The highest BCUT2D eigenvalue weighted by Crippen LogP contribution is 2.30. The van der Waals surface area contributed by atoms with Crippen LogP contribution in [0.15, 0.2) is 54.7 Å². The lowest BCUT2D eigenvalue weighted by Crippen LogP contribution is -2.35. The van der Waals surface area contributed by atoms with Crippen molar-refractivity contribution in [3.8, 4) is 0 Å². The summed E-state index contributed by atoms with van der Waals surface area (Å²) in [4.78, 5) is 15.2. The van der Waals surface area contributed by atoms with Crippen molar-refractivity contribution in [3.63, 3.8) is 0 Å². The molecule has 0 unspecified atom stereocenters. The zero-order valence-corrected chi connectivity index (χ0v) is 18.4. The first-order valence-electron chi connectivity index (χ1n) is 11.3. The lowest BCUT2D eigenvalue weighted by Gasteiger charge is -2.32. The predicted molar refractivity (Wildman–Crippen MR) is 121 cm³/mol. The van der Waals surface area contributed by atoms with E-state index >= 15 is 0 Å². The Morgan fingerprint density at radius 2 is 1.81 bits per heavy atom. The third-order valence-electron chi connectivity index (χ3n) is 6.66. The van der Waals surface area contributed by atoms with Gasteiger partial charge in [0.05, 0.1) is 5.56 Å². The van der Waals surface area contributed by atoms with Crippen LogP contribution >= 0.6 is 0 Å². The number of nitrogens with zero attached hydrogens (tertiary/aromatic N) is 2. The SMILES string of the molecule is Cn1cc(C(=O)CCC2CCN(CCc3cccc(C(F)(F)F)c3)CC2)c2ccccc21. The van der Waals surface area contributed by atoms with E-state index in [2.05, 4.69) is 4.90 Å². The van der Waals surface area contributed by atoms with Crippen LogP contribution in [0.3, 0.4) is 0 Å². The molecule has 2 heterocycles. The van der Waals surface area contributed by atoms with E-state index in [-0.39, 0.29) is 5.78 Å². The second kappa shape index (κ2) is 9.49. The molecule has 170 valence electrons. The molecular formula is C26H29F3N2O. The van der Waals surface area contributed by atoms with Gasteiger partial charge < -0.3 is 9.47 Å². The van der Waals surface area contributed by atoms with E-state index in [0.717, 1.165) is 67.0 Å². The van der Waals surface area contributed by atoms with Crippen LogP contribution < -0.4 is 0 Å². The molecule has 1 saturated heterocycles. The summed E-state index contributed by atoms with van der Waals surface area (Å²) < 4.78 is 40.7. The first kappa shape index (κ1) is 22.6. The van der Waals surface area contributed by atoms with Crippen LogP contribution in [0.2, 0.25) is 0 Å². The third-order valence-corrected chi connectivity index (χ3v) is 6.66. The Morgan fingerprint density at radius 1 is 1.06 bits per heavy atom. The minimum absolute atomic E-state index is 0.203. The van der Waals surface area contributed by atoms with Crippen LogP contribution in [0.1, 0.15) is 47.2 Å². The maximum absolute atomic E-state index is 12.9. The summed E-state index contributed by atoms with van der Waals surface area (Å²) in [5, 5.41) is 1.02. The average Bonchev–Trinajstić information content (AvgIpc) is 3.13. The number of rotatable bonds is 7. The fourth-order valence-corrected chi connectivity index (χ4v) is 4.72. The van der Waals surface area contributed by atoms with Crippen molar-refractivity contribution in [3.05, 3.63) is 71.4 Å². The minimum Gasteiger partial charge on any atom is -0.350 e. The van der Waals surface area contributed by atoms with Crippen LogP contribution in [0.5, 0.6) is 0 Å². The maximum Gasteiger partial charge on any atom is 0.416 e. The molecule has 0 saturated carbocycles. The molecule has 0 aliphatic carbocycles. The van der Waals surface area contributed by atoms with E-state index in [4.69, 9.17) is 0 Å². The number of likely N-dealkylation sites (tertiary alicyclic amines) is 1. The molecule has 0 N–H and O–H groups in total. The number of carbonyl (C=O) groups is 1. The van der Waals surface area contributed by atoms with Gasteiger partial charge in [0, 0.05) is 42.7 Å². The number of carbonyl (C=O) groups excluding carboxylic acids is 1. The Balaban J connectivity index is 1.23. The molecule has 3 aromatic rings. The van der Waals surface area contributed by atoms with Gasteiger partial charge in [0.1, 0.15) is 0 Å². The highest BCUT2D eigenvalue weighted by atomic mass is 19.4. The summed E-state index contributed by atoms with van der Waals surface area (Å²) in [5.41, 5.74) is 2.03. The van der Waals surface area contributed by atoms with Gasteiger partial charge in [-0.25, -0.2) is 0 Å². The molecule has 4 rings (SSSR count). The lowest BCUT2D eigenvalue weighted by atomic mass is 9.90. The van der Waals surface area contributed by atoms with Gasteiger partial charge in [-0.05, 0) is 62.4 Å². The number of benzene rings is 2. The minimum atomic E-state index is -4.29.